The van der Waals surface area contributed by atoms with Crippen LogP contribution in [0.3, 0.4) is 0 Å². The highest BCUT2D eigenvalue weighted by Crippen LogP contribution is 2.02. The predicted molar refractivity (Wildman–Crippen MR) is 54.8 cm³/mol. The van der Waals surface area contributed by atoms with E-state index in [2.05, 4.69) is 4.99 Å². The Morgan fingerprint density at radius 3 is 2.43 bits per heavy atom. The van der Waals surface area contributed by atoms with Crippen molar-refractivity contribution in [3.8, 4) is 0 Å². The van der Waals surface area contributed by atoms with Crippen LogP contribution in [0.1, 0.15) is 25.7 Å². The molecule has 82 valence electrons. The fourth-order valence-electron chi connectivity index (χ4n) is 0.984. The highest BCUT2D eigenvalue weighted by molar-refractivity contribution is 5.75. The van der Waals surface area contributed by atoms with Crippen LogP contribution < -0.4 is 17.2 Å². The second kappa shape index (κ2) is 7.14. The molecule has 1 atom stereocenters. The zero-order valence-corrected chi connectivity index (χ0v) is 8.15. The van der Waals surface area contributed by atoms with Gasteiger partial charge in [-0.2, -0.15) is 0 Å². The van der Waals surface area contributed by atoms with Gasteiger partial charge in [0.1, 0.15) is 6.04 Å². The molecule has 7 N–H and O–H groups in total. The Morgan fingerprint density at radius 2 is 1.93 bits per heavy atom. The number of unbranched alkanes of at least 4 members (excludes halogenated alkanes) is 2. The number of aliphatic imine (C=N–C) groups is 1. The van der Waals surface area contributed by atoms with E-state index in [-0.39, 0.29) is 5.96 Å². The lowest BCUT2D eigenvalue weighted by Crippen LogP contribution is -2.29. The molecule has 14 heavy (non-hydrogen) atoms. The number of carboxylic acid groups (broad SMARTS) is 1. The molecular weight excluding hydrogens is 184 g/mol. The number of aliphatic carboxylic acids is 1. The van der Waals surface area contributed by atoms with Gasteiger partial charge in [-0.05, 0) is 12.8 Å². The number of guanidine groups is 1. The van der Waals surface area contributed by atoms with Crippen molar-refractivity contribution < 1.29 is 9.90 Å². The van der Waals surface area contributed by atoms with Gasteiger partial charge in [-0.3, -0.25) is 9.79 Å². The average Bonchev–Trinajstić information content (AvgIpc) is 2.09. The third-order valence-electron chi connectivity index (χ3n) is 1.78. The summed E-state index contributed by atoms with van der Waals surface area (Å²) >= 11 is 0. The van der Waals surface area contributed by atoms with Crippen LogP contribution in [0.2, 0.25) is 0 Å². The lowest BCUT2D eigenvalue weighted by atomic mass is 10.1. The van der Waals surface area contributed by atoms with Gasteiger partial charge in [-0.25, -0.2) is 0 Å². The van der Waals surface area contributed by atoms with Gasteiger partial charge in [-0.15, -0.1) is 0 Å². The molecule has 0 aromatic heterocycles. The molecule has 0 amide bonds. The SMILES string of the molecule is NC(N)=NCCCCC[C@H](N)C(=O)O. The predicted octanol–water partition coefficient (Wildman–Crippen LogP) is -0.768. The minimum absolute atomic E-state index is 0.0900. The summed E-state index contributed by atoms with van der Waals surface area (Å²) in [4.78, 5) is 14.1. The molecule has 0 spiro atoms. The Balaban J connectivity index is 3.30. The largest absolute Gasteiger partial charge is 0.480 e. The zero-order chi connectivity index (χ0) is 11.0. The Labute approximate surface area is 83.2 Å². The Bertz CT molecular complexity index is 202. The van der Waals surface area contributed by atoms with E-state index in [1.807, 2.05) is 0 Å². The lowest BCUT2D eigenvalue weighted by molar-refractivity contribution is -0.138. The van der Waals surface area contributed by atoms with Crippen molar-refractivity contribution in [2.24, 2.45) is 22.2 Å². The van der Waals surface area contributed by atoms with Gasteiger partial charge >= 0.3 is 5.97 Å². The first-order valence-corrected chi connectivity index (χ1v) is 4.58. The number of rotatable bonds is 7. The van der Waals surface area contributed by atoms with Gasteiger partial charge < -0.3 is 22.3 Å². The van der Waals surface area contributed by atoms with Crippen molar-refractivity contribution in [1.82, 2.24) is 0 Å². The number of hydrogen-bond acceptors (Lipinski definition) is 3. The third-order valence-corrected chi connectivity index (χ3v) is 1.78. The highest BCUT2D eigenvalue weighted by atomic mass is 16.4. The van der Waals surface area contributed by atoms with Gasteiger partial charge in [0.2, 0.25) is 0 Å². The van der Waals surface area contributed by atoms with Crippen LogP contribution in [0.4, 0.5) is 0 Å². The van der Waals surface area contributed by atoms with E-state index in [4.69, 9.17) is 22.3 Å². The summed E-state index contributed by atoms with van der Waals surface area (Å²) in [7, 11) is 0. The monoisotopic (exact) mass is 202 g/mol. The molecule has 0 radical (unpaired) electrons. The normalized spacial score (nSPS) is 12.1. The number of nitrogens with two attached hydrogens (primary N) is 3. The molecule has 0 rings (SSSR count). The quantitative estimate of drug-likeness (QED) is 0.245. The van der Waals surface area contributed by atoms with Crippen molar-refractivity contribution in [2.45, 2.75) is 31.7 Å². The Morgan fingerprint density at radius 1 is 1.29 bits per heavy atom. The highest BCUT2D eigenvalue weighted by Gasteiger charge is 2.09. The molecule has 0 bridgehead atoms. The second-order valence-electron chi connectivity index (χ2n) is 3.10. The number of carbonyl (C=O) groups is 1. The molecule has 6 heteroatoms. The summed E-state index contributed by atoms with van der Waals surface area (Å²) in [5.74, 6) is -0.860. The molecule has 0 fully saturated rings. The molecule has 0 aromatic rings. The van der Waals surface area contributed by atoms with Crippen LogP contribution in [-0.2, 0) is 4.79 Å². The first-order chi connectivity index (χ1) is 6.54. The summed E-state index contributed by atoms with van der Waals surface area (Å²) in [6.07, 6.45) is 3.02. The van der Waals surface area contributed by atoms with Gasteiger partial charge in [-0.1, -0.05) is 12.8 Å². The van der Waals surface area contributed by atoms with E-state index in [0.29, 0.717) is 13.0 Å². The van der Waals surface area contributed by atoms with Crippen molar-refractivity contribution in [2.75, 3.05) is 6.54 Å². The van der Waals surface area contributed by atoms with Crippen LogP contribution in [-0.4, -0.2) is 29.6 Å². The number of carboxylic acids is 1. The summed E-state index contributed by atoms with van der Waals surface area (Å²) in [6.45, 7) is 0.588. The Kier molecular flexibility index (Phi) is 6.47. The van der Waals surface area contributed by atoms with Crippen molar-refractivity contribution in [3.05, 3.63) is 0 Å². The van der Waals surface area contributed by atoms with Gasteiger partial charge in [0.25, 0.3) is 0 Å². The summed E-state index contributed by atoms with van der Waals surface area (Å²) < 4.78 is 0. The van der Waals surface area contributed by atoms with Crippen LogP contribution in [0.15, 0.2) is 4.99 Å². The smallest absolute Gasteiger partial charge is 0.320 e. The van der Waals surface area contributed by atoms with Gasteiger partial charge in [0, 0.05) is 6.54 Å². The minimum atomic E-state index is -0.950. The zero-order valence-electron chi connectivity index (χ0n) is 8.15. The summed E-state index contributed by atoms with van der Waals surface area (Å²) in [6, 6.07) is -0.752. The number of hydrogen-bond donors (Lipinski definition) is 4. The van der Waals surface area contributed by atoms with E-state index in [1.54, 1.807) is 0 Å². The van der Waals surface area contributed by atoms with Crippen LogP contribution in [0.25, 0.3) is 0 Å². The molecule has 0 unspecified atom stereocenters. The first kappa shape index (κ1) is 12.7. The lowest BCUT2D eigenvalue weighted by Gasteiger charge is -2.04. The summed E-state index contributed by atoms with van der Waals surface area (Å²) in [5.41, 5.74) is 15.6. The van der Waals surface area contributed by atoms with Gasteiger partial charge in [0.15, 0.2) is 5.96 Å². The first-order valence-electron chi connectivity index (χ1n) is 4.58. The van der Waals surface area contributed by atoms with E-state index < -0.39 is 12.0 Å². The van der Waals surface area contributed by atoms with Crippen LogP contribution in [0, 0.1) is 0 Å². The molecule has 0 saturated heterocycles. The topological polar surface area (TPSA) is 128 Å². The molecule has 0 aromatic carbocycles. The third kappa shape index (κ3) is 7.35. The Hall–Kier alpha value is -1.30. The molecule has 0 heterocycles. The minimum Gasteiger partial charge on any atom is -0.480 e. The van der Waals surface area contributed by atoms with E-state index in [1.165, 1.54) is 0 Å². The maximum atomic E-state index is 10.3. The average molecular weight is 202 g/mol. The maximum absolute atomic E-state index is 10.3. The molecule has 0 saturated carbocycles. The van der Waals surface area contributed by atoms with E-state index >= 15 is 0 Å². The maximum Gasteiger partial charge on any atom is 0.320 e. The molecule has 0 aliphatic carbocycles. The number of nitrogens with zero attached hydrogens (tertiary/aromatic N) is 1. The van der Waals surface area contributed by atoms with Crippen molar-refractivity contribution in [1.29, 1.82) is 0 Å². The van der Waals surface area contributed by atoms with E-state index in [0.717, 1.165) is 19.3 Å². The van der Waals surface area contributed by atoms with Crippen LogP contribution >= 0.6 is 0 Å². The molecule has 6 nitrogen and oxygen atoms in total. The fraction of sp³-hybridized carbons (Fsp3) is 0.750. The second-order valence-corrected chi connectivity index (χ2v) is 3.10. The molecule has 0 aliphatic heterocycles. The van der Waals surface area contributed by atoms with Crippen molar-refractivity contribution in [3.63, 3.8) is 0 Å². The molecular formula is C8H18N4O2. The standard InChI is InChI=1S/C8H18N4O2/c9-6(7(13)14)4-2-1-3-5-12-8(10)11/h6H,1-5,9H2,(H,13,14)(H4,10,11,12)/t6-/m0/s1. The molecule has 0 aliphatic rings. The van der Waals surface area contributed by atoms with E-state index in [9.17, 15) is 4.79 Å². The van der Waals surface area contributed by atoms with Crippen LogP contribution in [0.5, 0.6) is 0 Å². The van der Waals surface area contributed by atoms with Gasteiger partial charge in [0.05, 0.1) is 0 Å². The van der Waals surface area contributed by atoms with Crippen molar-refractivity contribution >= 4 is 11.9 Å². The fourth-order valence-corrected chi connectivity index (χ4v) is 0.984. The summed E-state index contributed by atoms with van der Waals surface area (Å²) in [5, 5.41) is 8.48.